The van der Waals surface area contributed by atoms with Crippen LogP contribution in [0.5, 0.6) is 0 Å². The van der Waals surface area contributed by atoms with E-state index >= 15 is 0 Å². The average Bonchev–Trinajstić information content (AvgIpc) is 2.72. The molecule has 14 heavy (non-hydrogen) atoms. The zero-order valence-corrected chi connectivity index (χ0v) is 9.04. The van der Waals surface area contributed by atoms with Crippen LogP contribution in [-0.2, 0) is 0 Å². The van der Waals surface area contributed by atoms with Crippen molar-refractivity contribution >= 4 is 0 Å². The third-order valence-electron chi connectivity index (χ3n) is 4.38. The van der Waals surface area contributed by atoms with E-state index in [2.05, 4.69) is 11.1 Å². The summed E-state index contributed by atoms with van der Waals surface area (Å²) in [6.45, 7) is 2.64. The van der Waals surface area contributed by atoms with Crippen LogP contribution >= 0.6 is 0 Å². The lowest BCUT2D eigenvalue weighted by Crippen LogP contribution is -2.26. The molecule has 0 aromatic rings. The summed E-state index contributed by atoms with van der Waals surface area (Å²) in [5.41, 5.74) is 1.80. The van der Waals surface area contributed by atoms with Gasteiger partial charge in [0.05, 0.1) is 0 Å². The van der Waals surface area contributed by atoms with Crippen LogP contribution in [0.2, 0.25) is 0 Å². The highest BCUT2D eigenvalue weighted by molar-refractivity contribution is 5.13. The Hall–Kier alpha value is -0.460. The van der Waals surface area contributed by atoms with Gasteiger partial charge < -0.3 is 4.90 Å². The Morgan fingerprint density at radius 1 is 1.00 bits per heavy atom. The highest BCUT2D eigenvalue weighted by Crippen LogP contribution is 2.44. The summed E-state index contributed by atoms with van der Waals surface area (Å²) < 4.78 is 0. The van der Waals surface area contributed by atoms with Crippen molar-refractivity contribution < 1.29 is 0 Å². The number of hydrogen-bond acceptors (Lipinski definition) is 1. The van der Waals surface area contributed by atoms with Gasteiger partial charge in [-0.1, -0.05) is 5.57 Å². The zero-order chi connectivity index (χ0) is 9.38. The molecule has 1 saturated heterocycles. The van der Waals surface area contributed by atoms with E-state index in [0.717, 1.165) is 11.8 Å². The molecule has 1 heteroatoms. The fourth-order valence-corrected chi connectivity index (χ4v) is 3.50. The number of likely N-dealkylation sites (tertiary alicyclic amines) is 1. The van der Waals surface area contributed by atoms with Crippen LogP contribution in [0.1, 0.15) is 44.9 Å². The lowest BCUT2D eigenvalue weighted by atomic mass is 9.68. The molecule has 2 bridgehead atoms. The summed E-state index contributed by atoms with van der Waals surface area (Å²) in [4.78, 5) is 2.57. The predicted molar refractivity (Wildman–Crippen MR) is 59.0 cm³/mol. The van der Waals surface area contributed by atoms with Crippen LogP contribution in [0.25, 0.3) is 0 Å². The van der Waals surface area contributed by atoms with Gasteiger partial charge in [-0.2, -0.15) is 0 Å². The first-order chi connectivity index (χ1) is 6.92. The van der Waals surface area contributed by atoms with Gasteiger partial charge in [0.2, 0.25) is 0 Å². The van der Waals surface area contributed by atoms with Gasteiger partial charge in [0.15, 0.2) is 0 Å². The number of nitrogens with zero attached hydrogens (tertiary/aromatic N) is 1. The average molecular weight is 191 g/mol. The normalized spacial score (nSPS) is 39.7. The first-order valence-corrected chi connectivity index (χ1v) is 6.36. The lowest BCUT2D eigenvalue weighted by molar-refractivity contribution is 0.234. The Bertz CT molecular complexity index is 230. The van der Waals surface area contributed by atoms with E-state index in [4.69, 9.17) is 0 Å². The maximum atomic E-state index is 2.57. The number of allylic oxidation sites excluding steroid dienone is 1. The van der Waals surface area contributed by atoms with Gasteiger partial charge in [-0.3, -0.25) is 0 Å². The smallest absolute Gasteiger partial charge is 0.0173 e. The van der Waals surface area contributed by atoms with E-state index < -0.39 is 0 Å². The standard InChI is InChI=1S/C13H21N/c1-2-8-14(7-1)10-13-9-11-3-5-12(13)6-4-11/h10-12H,1-9H2/b13-10-. The molecule has 1 aliphatic heterocycles. The Kier molecular flexibility index (Phi) is 2.27. The summed E-state index contributed by atoms with van der Waals surface area (Å²) in [6, 6.07) is 0. The third kappa shape index (κ3) is 1.57. The Labute approximate surface area is 87.2 Å². The molecule has 78 valence electrons. The Morgan fingerprint density at radius 3 is 2.29 bits per heavy atom. The minimum atomic E-state index is 0.973. The molecule has 0 N–H and O–H groups in total. The van der Waals surface area contributed by atoms with Crippen LogP contribution in [0.4, 0.5) is 0 Å². The third-order valence-corrected chi connectivity index (χ3v) is 4.38. The second-order valence-corrected chi connectivity index (χ2v) is 5.37. The van der Waals surface area contributed by atoms with Crippen LogP contribution in [0.15, 0.2) is 11.8 Å². The van der Waals surface area contributed by atoms with Gasteiger partial charge in [0, 0.05) is 13.1 Å². The first-order valence-electron chi connectivity index (χ1n) is 6.36. The fraction of sp³-hybridized carbons (Fsp3) is 0.846. The minimum Gasteiger partial charge on any atom is -0.377 e. The van der Waals surface area contributed by atoms with Crippen molar-refractivity contribution in [2.24, 2.45) is 11.8 Å². The molecular formula is C13H21N. The van der Waals surface area contributed by atoms with Crippen molar-refractivity contribution in [3.8, 4) is 0 Å². The summed E-state index contributed by atoms with van der Waals surface area (Å²) in [5.74, 6) is 2.02. The van der Waals surface area contributed by atoms with E-state index in [-0.39, 0.29) is 0 Å². The molecule has 3 saturated carbocycles. The van der Waals surface area contributed by atoms with Gasteiger partial charge in [-0.05, 0) is 63.0 Å². The molecule has 1 heterocycles. The van der Waals surface area contributed by atoms with Crippen molar-refractivity contribution in [3.05, 3.63) is 11.8 Å². The van der Waals surface area contributed by atoms with Crippen LogP contribution in [-0.4, -0.2) is 18.0 Å². The predicted octanol–water partition coefficient (Wildman–Crippen LogP) is 3.18. The summed E-state index contributed by atoms with van der Waals surface area (Å²) >= 11 is 0. The first kappa shape index (κ1) is 8.82. The van der Waals surface area contributed by atoms with Gasteiger partial charge in [0.25, 0.3) is 0 Å². The van der Waals surface area contributed by atoms with Gasteiger partial charge >= 0.3 is 0 Å². The van der Waals surface area contributed by atoms with Crippen LogP contribution in [0.3, 0.4) is 0 Å². The molecule has 0 aromatic carbocycles. The summed E-state index contributed by atoms with van der Waals surface area (Å²) in [5, 5.41) is 0. The zero-order valence-electron chi connectivity index (χ0n) is 9.04. The second-order valence-electron chi connectivity index (χ2n) is 5.37. The van der Waals surface area contributed by atoms with Gasteiger partial charge in [-0.15, -0.1) is 0 Å². The van der Waals surface area contributed by atoms with Crippen molar-refractivity contribution in [3.63, 3.8) is 0 Å². The molecule has 4 fully saturated rings. The van der Waals surface area contributed by atoms with Crippen LogP contribution in [0, 0.1) is 11.8 Å². The van der Waals surface area contributed by atoms with Gasteiger partial charge in [-0.25, -0.2) is 0 Å². The topological polar surface area (TPSA) is 3.24 Å². The van der Waals surface area contributed by atoms with Crippen molar-refractivity contribution in [1.29, 1.82) is 0 Å². The van der Waals surface area contributed by atoms with E-state index in [0.29, 0.717) is 0 Å². The van der Waals surface area contributed by atoms with Crippen molar-refractivity contribution in [1.82, 2.24) is 4.90 Å². The molecule has 4 rings (SSSR count). The summed E-state index contributed by atoms with van der Waals surface area (Å²) in [7, 11) is 0. The molecule has 1 nitrogen and oxygen atoms in total. The Balaban J connectivity index is 1.71. The molecule has 0 atom stereocenters. The molecule has 0 radical (unpaired) electrons. The molecule has 3 aliphatic carbocycles. The highest BCUT2D eigenvalue weighted by atomic mass is 15.1. The molecule has 0 unspecified atom stereocenters. The molecule has 0 amide bonds. The number of hydrogen-bond donors (Lipinski definition) is 0. The van der Waals surface area contributed by atoms with Gasteiger partial charge in [0.1, 0.15) is 0 Å². The largest absolute Gasteiger partial charge is 0.377 e. The van der Waals surface area contributed by atoms with Crippen molar-refractivity contribution in [2.45, 2.75) is 44.9 Å². The molecule has 4 aliphatic rings. The van der Waals surface area contributed by atoms with Crippen LogP contribution < -0.4 is 0 Å². The minimum absolute atomic E-state index is 0.973. The fourth-order valence-electron chi connectivity index (χ4n) is 3.50. The van der Waals surface area contributed by atoms with E-state index in [1.807, 2.05) is 0 Å². The quantitative estimate of drug-likeness (QED) is 0.615. The maximum absolute atomic E-state index is 2.57. The molecule has 0 aromatic heterocycles. The van der Waals surface area contributed by atoms with Crippen molar-refractivity contribution in [2.75, 3.05) is 13.1 Å². The summed E-state index contributed by atoms with van der Waals surface area (Å²) in [6.07, 6.45) is 12.8. The van der Waals surface area contributed by atoms with E-state index in [1.165, 1.54) is 58.0 Å². The maximum Gasteiger partial charge on any atom is 0.0173 e. The van der Waals surface area contributed by atoms with E-state index in [1.54, 1.807) is 5.57 Å². The molecular weight excluding hydrogens is 170 g/mol. The SMILES string of the molecule is C(=C1\CC2CCC1CC2)/N1CCCC1. The number of rotatable bonds is 1. The Morgan fingerprint density at radius 2 is 1.71 bits per heavy atom. The van der Waals surface area contributed by atoms with E-state index in [9.17, 15) is 0 Å². The monoisotopic (exact) mass is 191 g/mol. The second kappa shape index (κ2) is 3.60. The lowest BCUT2D eigenvalue weighted by Gasteiger charge is -2.38. The highest BCUT2D eigenvalue weighted by Gasteiger charge is 2.31. The number of fused-ring (bicyclic) bond motifs is 3. The molecule has 0 spiro atoms.